The smallest absolute Gasteiger partial charge is 0.306 e. The zero-order valence-electron chi connectivity index (χ0n) is 10.3. The maximum atomic E-state index is 11.7. The van der Waals surface area contributed by atoms with Crippen LogP contribution in [0.5, 0.6) is 0 Å². The molecular weight excluding hydrogens is 266 g/mol. The fourth-order valence-electron chi connectivity index (χ4n) is 2.02. The monoisotopic (exact) mass is 281 g/mol. The van der Waals surface area contributed by atoms with E-state index in [0.29, 0.717) is 17.7 Å². The van der Waals surface area contributed by atoms with Gasteiger partial charge in [0.1, 0.15) is 0 Å². The molecule has 0 unspecified atom stereocenters. The van der Waals surface area contributed by atoms with Crippen molar-refractivity contribution in [1.82, 2.24) is 5.32 Å². The minimum Gasteiger partial charge on any atom is -0.481 e. The van der Waals surface area contributed by atoms with Crippen LogP contribution in [0.3, 0.4) is 0 Å². The number of Topliss-reactive ketones (excluding diaryl/α,β-unsaturated/α-hetero) is 1. The van der Waals surface area contributed by atoms with E-state index in [1.54, 1.807) is 12.1 Å². The van der Waals surface area contributed by atoms with Gasteiger partial charge in [-0.05, 0) is 24.3 Å². The van der Waals surface area contributed by atoms with Gasteiger partial charge in [0.2, 0.25) is 5.91 Å². The predicted molar refractivity (Wildman–Crippen MR) is 70.2 cm³/mol. The lowest BCUT2D eigenvalue weighted by Gasteiger charge is -2.32. The molecule has 0 spiro atoms. The van der Waals surface area contributed by atoms with E-state index >= 15 is 0 Å². The SMILES string of the molecule is O=C(CCC(=O)c1cccs1)NC1CC(C(=O)O)C1. The second kappa shape index (κ2) is 5.97. The van der Waals surface area contributed by atoms with E-state index in [1.807, 2.05) is 5.38 Å². The molecule has 19 heavy (non-hydrogen) atoms. The Labute approximate surface area is 114 Å². The Hall–Kier alpha value is -1.69. The van der Waals surface area contributed by atoms with Crippen LogP contribution in [0.25, 0.3) is 0 Å². The number of amides is 1. The van der Waals surface area contributed by atoms with Crippen molar-refractivity contribution in [2.75, 3.05) is 0 Å². The number of ketones is 1. The summed E-state index contributed by atoms with van der Waals surface area (Å²) in [6, 6.07) is 3.50. The molecule has 0 saturated heterocycles. The fourth-order valence-corrected chi connectivity index (χ4v) is 2.72. The largest absolute Gasteiger partial charge is 0.481 e. The first-order valence-electron chi connectivity index (χ1n) is 6.15. The normalized spacial score (nSPS) is 21.5. The van der Waals surface area contributed by atoms with E-state index in [0.717, 1.165) is 0 Å². The summed E-state index contributed by atoms with van der Waals surface area (Å²) in [5, 5.41) is 13.3. The lowest BCUT2D eigenvalue weighted by atomic mass is 9.80. The van der Waals surface area contributed by atoms with Gasteiger partial charge in [0, 0.05) is 18.9 Å². The number of carbonyl (C=O) groups is 3. The molecule has 1 aromatic rings. The zero-order chi connectivity index (χ0) is 13.8. The molecule has 5 nitrogen and oxygen atoms in total. The summed E-state index contributed by atoms with van der Waals surface area (Å²) < 4.78 is 0. The second-order valence-electron chi connectivity index (χ2n) is 4.67. The molecule has 6 heteroatoms. The number of thiophene rings is 1. The summed E-state index contributed by atoms with van der Waals surface area (Å²) in [4.78, 5) is 34.5. The van der Waals surface area contributed by atoms with Crippen LogP contribution >= 0.6 is 11.3 Å². The number of carbonyl (C=O) groups excluding carboxylic acids is 2. The molecule has 102 valence electrons. The van der Waals surface area contributed by atoms with Crippen LogP contribution in [0.4, 0.5) is 0 Å². The molecule has 1 aromatic heterocycles. The van der Waals surface area contributed by atoms with Gasteiger partial charge in [0.15, 0.2) is 5.78 Å². The Bertz CT molecular complexity index is 477. The third kappa shape index (κ3) is 3.64. The quantitative estimate of drug-likeness (QED) is 0.777. The molecule has 0 radical (unpaired) electrons. The number of hydrogen-bond acceptors (Lipinski definition) is 4. The summed E-state index contributed by atoms with van der Waals surface area (Å²) in [6.07, 6.45) is 1.33. The highest BCUT2D eigenvalue weighted by atomic mass is 32.1. The van der Waals surface area contributed by atoms with E-state index in [-0.39, 0.29) is 36.5 Å². The summed E-state index contributed by atoms with van der Waals surface area (Å²) in [7, 11) is 0. The van der Waals surface area contributed by atoms with Gasteiger partial charge in [-0.2, -0.15) is 0 Å². The lowest BCUT2D eigenvalue weighted by molar-refractivity contribution is -0.146. The Balaban J connectivity index is 1.66. The van der Waals surface area contributed by atoms with Crippen LogP contribution in [-0.4, -0.2) is 28.8 Å². The van der Waals surface area contributed by atoms with E-state index in [9.17, 15) is 14.4 Å². The minimum absolute atomic E-state index is 0.0258. The number of carboxylic acids is 1. The van der Waals surface area contributed by atoms with Gasteiger partial charge in [-0.3, -0.25) is 14.4 Å². The molecule has 2 N–H and O–H groups in total. The van der Waals surface area contributed by atoms with Crippen molar-refractivity contribution in [3.05, 3.63) is 22.4 Å². The average molecular weight is 281 g/mol. The van der Waals surface area contributed by atoms with Crippen molar-refractivity contribution in [2.45, 2.75) is 31.7 Å². The molecule has 1 heterocycles. The first kappa shape index (κ1) is 13.7. The zero-order valence-corrected chi connectivity index (χ0v) is 11.1. The third-order valence-electron chi connectivity index (χ3n) is 3.23. The van der Waals surface area contributed by atoms with E-state index < -0.39 is 5.97 Å². The van der Waals surface area contributed by atoms with Crippen molar-refractivity contribution >= 4 is 29.0 Å². The lowest BCUT2D eigenvalue weighted by Crippen LogP contribution is -2.46. The van der Waals surface area contributed by atoms with Crippen molar-refractivity contribution in [2.24, 2.45) is 5.92 Å². The molecule has 0 atom stereocenters. The summed E-state index contributed by atoms with van der Waals surface area (Å²) in [5.74, 6) is -1.35. The van der Waals surface area contributed by atoms with Crippen molar-refractivity contribution < 1.29 is 19.5 Å². The molecule has 2 rings (SSSR count). The minimum atomic E-state index is -0.807. The van der Waals surface area contributed by atoms with Crippen LogP contribution in [0, 0.1) is 5.92 Å². The topological polar surface area (TPSA) is 83.5 Å². The molecule has 0 aromatic carbocycles. The predicted octanol–water partition coefficient (Wildman–Crippen LogP) is 1.69. The highest BCUT2D eigenvalue weighted by Crippen LogP contribution is 2.27. The molecule has 1 amide bonds. The van der Waals surface area contributed by atoms with Crippen LogP contribution in [-0.2, 0) is 9.59 Å². The Morgan fingerprint density at radius 1 is 1.32 bits per heavy atom. The highest BCUT2D eigenvalue weighted by molar-refractivity contribution is 7.12. The first-order valence-corrected chi connectivity index (χ1v) is 7.03. The fraction of sp³-hybridized carbons (Fsp3) is 0.462. The third-order valence-corrected chi connectivity index (χ3v) is 4.14. The van der Waals surface area contributed by atoms with Crippen LogP contribution in [0.2, 0.25) is 0 Å². The van der Waals surface area contributed by atoms with Crippen LogP contribution < -0.4 is 5.32 Å². The molecule has 0 aliphatic heterocycles. The average Bonchev–Trinajstić information content (AvgIpc) is 2.83. The Kier molecular flexibility index (Phi) is 4.31. The molecule has 1 aliphatic rings. The van der Waals surface area contributed by atoms with Gasteiger partial charge in [-0.25, -0.2) is 0 Å². The Morgan fingerprint density at radius 3 is 2.63 bits per heavy atom. The standard InChI is InChI=1S/C13H15NO4S/c15-10(11-2-1-5-19-11)3-4-12(16)14-9-6-8(7-9)13(17)18/h1-2,5,8-9H,3-4,6-7H2,(H,14,16)(H,17,18). The molecule has 1 aliphatic carbocycles. The molecule has 1 saturated carbocycles. The van der Waals surface area contributed by atoms with Gasteiger partial charge in [-0.15, -0.1) is 11.3 Å². The summed E-state index contributed by atoms with van der Waals surface area (Å²) >= 11 is 1.37. The number of nitrogens with one attached hydrogen (secondary N) is 1. The van der Waals surface area contributed by atoms with E-state index in [2.05, 4.69) is 5.32 Å². The second-order valence-corrected chi connectivity index (χ2v) is 5.62. The van der Waals surface area contributed by atoms with Gasteiger partial charge in [0.25, 0.3) is 0 Å². The first-order chi connectivity index (χ1) is 9.06. The molecular formula is C13H15NO4S. The number of carboxylic acid groups (broad SMARTS) is 1. The number of aliphatic carboxylic acids is 1. The van der Waals surface area contributed by atoms with Crippen molar-refractivity contribution in [3.63, 3.8) is 0 Å². The maximum absolute atomic E-state index is 11.7. The van der Waals surface area contributed by atoms with Crippen LogP contribution in [0.15, 0.2) is 17.5 Å². The number of hydrogen-bond donors (Lipinski definition) is 2. The van der Waals surface area contributed by atoms with E-state index in [4.69, 9.17) is 5.11 Å². The van der Waals surface area contributed by atoms with Gasteiger partial charge >= 0.3 is 5.97 Å². The van der Waals surface area contributed by atoms with Gasteiger partial charge in [0.05, 0.1) is 10.8 Å². The molecule has 0 bridgehead atoms. The Morgan fingerprint density at radius 2 is 2.05 bits per heavy atom. The van der Waals surface area contributed by atoms with Gasteiger partial charge in [-0.1, -0.05) is 6.07 Å². The number of rotatable bonds is 6. The van der Waals surface area contributed by atoms with Crippen molar-refractivity contribution in [1.29, 1.82) is 0 Å². The van der Waals surface area contributed by atoms with Crippen molar-refractivity contribution in [3.8, 4) is 0 Å². The maximum Gasteiger partial charge on any atom is 0.306 e. The highest BCUT2D eigenvalue weighted by Gasteiger charge is 2.35. The summed E-state index contributed by atoms with van der Waals surface area (Å²) in [5.41, 5.74) is 0. The summed E-state index contributed by atoms with van der Waals surface area (Å²) in [6.45, 7) is 0. The van der Waals surface area contributed by atoms with Gasteiger partial charge < -0.3 is 10.4 Å². The molecule has 1 fully saturated rings. The van der Waals surface area contributed by atoms with E-state index in [1.165, 1.54) is 11.3 Å². The van der Waals surface area contributed by atoms with Crippen LogP contribution in [0.1, 0.15) is 35.4 Å².